The summed E-state index contributed by atoms with van der Waals surface area (Å²) < 4.78 is 26.0. The van der Waals surface area contributed by atoms with Crippen molar-refractivity contribution in [1.82, 2.24) is 4.98 Å². The number of rotatable bonds is 9. The Hall–Kier alpha value is 0.561. The van der Waals surface area contributed by atoms with Crippen LogP contribution in [0.1, 0.15) is 68.7 Å². The molecule has 0 radical (unpaired) electrons. The zero-order valence-corrected chi connectivity index (χ0v) is 29.2. The predicted molar refractivity (Wildman–Crippen MR) is 156 cm³/mol. The van der Waals surface area contributed by atoms with Crippen molar-refractivity contribution >= 4 is 50.6 Å². The van der Waals surface area contributed by atoms with Gasteiger partial charge in [0.2, 0.25) is 8.32 Å². The smallest absolute Gasteiger partial charge is 0.309 e. The van der Waals surface area contributed by atoms with Crippen LogP contribution in [0.15, 0.2) is 0 Å². The molecule has 5 nitrogen and oxygen atoms in total. The van der Waals surface area contributed by atoms with Gasteiger partial charge >= 0.3 is 5.97 Å². The minimum absolute atomic E-state index is 0. The third-order valence-electron chi connectivity index (χ3n) is 7.91. The molecule has 1 N–H and O–H groups in total. The van der Waals surface area contributed by atoms with Gasteiger partial charge in [-0.05, 0) is 47.7 Å². The molecule has 0 spiro atoms. The van der Waals surface area contributed by atoms with E-state index in [0.29, 0.717) is 12.6 Å². The number of hydrogen-bond acceptors (Lipinski definition) is 5. The lowest BCUT2D eigenvalue weighted by atomic mass is 10.2. The van der Waals surface area contributed by atoms with Gasteiger partial charge in [0.1, 0.15) is 8.24 Å². The normalized spacial score (nSPS) is 17.1. The summed E-state index contributed by atoms with van der Waals surface area (Å²) in [5, 5.41) is -0.00947. The molecular weight excluding hydrogens is 505 g/mol. The van der Waals surface area contributed by atoms with Gasteiger partial charge in [0.05, 0.1) is 6.04 Å². The van der Waals surface area contributed by atoms with Crippen LogP contribution in [0.2, 0.25) is 54.4 Å². The molecule has 0 aromatic carbocycles. The zero-order valence-electron chi connectivity index (χ0n) is 24.5. The van der Waals surface area contributed by atoms with Gasteiger partial charge < -0.3 is 13.6 Å². The van der Waals surface area contributed by atoms with E-state index in [4.69, 9.17) is 8.64 Å². The van der Waals surface area contributed by atoms with Crippen molar-refractivity contribution in [1.29, 1.82) is 0 Å². The first-order valence-corrected chi connectivity index (χ1v) is 23.0. The van der Waals surface area contributed by atoms with Gasteiger partial charge in [0, 0.05) is 12.8 Å². The summed E-state index contributed by atoms with van der Waals surface area (Å²) >= 11 is 0. The fraction of sp³-hybridized carbons (Fsp3) is 0.957. The molecule has 0 saturated heterocycles. The average Bonchev–Trinajstić information content (AvgIpc) is 2.46. The van der Waals surface area contributed by atoms with Gasteiger partial charge in [-0.25, -0.2) is 0 Å². The minimum Gasteiger partial charge on any atom is -0.518 e. The van der Waals surface area contributed by atoms with Crippen LogP contribution < -0.4 is 4.98 Å². The summed E-state index contributed by atoms with van der Waals surface area (Å²) in [6.45, 7) is 34.2. The van der Waals surface area contributed by atoms with Crippen molar-refractivity contribution in [3.05, 3.63) is 0 Å². The van der Waals surface area contributed by atoms with Crippen LogP contribution in [-0.2, 0) is 18.0 Å². The van der Waals surface area contributed by atoms with E-state index in [-0.39, 0.29) is 33.5 Å². The quantitative estimate of drug-likeness (QED) is 0.227. The monoisotopic (exact) mass is 559 g/mol. The highest BCUT2D eigenvalue weighted by molar-refractivity contribution is 7.59. The zero-order chi connectivity index (χ0) is 26.2. The molecule has 0 aromatic rings. The van der Waals surface area contributed by atoms with Crippen LogP contribution >= 0.6 is 19.8 Å². The van der Waals surface area contributed by atoms with Crippen molar-refractivity contribution in [3.63, 3.8) is 0 Å². The highest BCUT2D eigenvalue weighted by Gasteiger charge is 2.45. The summed E-state index contributed by atoms with van der Waals surface area (Å²) in [5.41, 5.74) is 0. The van der Waals surface area contributed by atoms with E-state index in [1.807, 2.05) is 0 Å². The summed E-state index contributed by atoms with van der Waals surface area (Å²) in [5.74, 6) is -0.200. The fourth-order valence-electron chi connectivity index (χ4n) is 2.41. The Kier molecular flexibility index (Phi) is 12.2. The van der Waals surface area contributed by atoms with Gasteiger partial charge in [-0.3, -0.25) is 9.36 Å². The number of nitrogens with one attached hydrogen (secondary N) is 1. The first-order valence-electron chi connectivity index (χ1n) is 11.9. The second kappa shape index (κ2) is 11.3. The Morgan fingerprint density at radius 3 is 1.55 bits per heavy atom. The average molecular weight is 560 g/mol. The SMILES string of the molecule is CC(C)(C)[Si](C)(C)NC(CCP(C)(=O)O[Si](C)(C)C(C)(C)C)C(=O)O[Si](C)(C)C(C)(C)C.Cl. The lowest BCUT2D eigenvalue weighted by Crippen LogP contribution is -2.60. The molecule has 0 saturated carbocycles. The molecule has 2 unspecified atom stereocenters. The van der Waals surface area contributed by atoms with Gasteiger partial charge in [-0.1, -0.05) is 75.4 Å². The molecule has 0 bridgehead atoms. The minimum atomic E-state index is -2.85. The molecule has 200 valence electrons. The molecule has 10 heteroatoms. The van der Waals surface area contributed by atoms with Crippen LogP contribution in [0.4, 0.5) is 0 Å². The molecule has 0 aliphatic heterocycles. The molecule has 0 fully saturated rings. The number of carbonyl (C=O) groups excluding carboxylic acids is 1. The number of halogens is 1. The second-order valence-electron chi connectivity index (χ2n) is 14.1. The Bertz CT molecular complexity index is 708. The van der Waals surface area contributed by atoms with E-state index >= 15 is 0 Å². The summed E-state index contributed by atoms with van der Waals surface area (Å²) in [6, 6.07) is -0.471. The number of hydrogen-bond donors (Lipinski definition) is 1. The maximum atomic E-state index is 13.5. The van der Waals surface area contributed by atoms with Crippen LogP contribution in [0.3, 0.4) is 0 Å². The van der Waals surface area contributed by atoms with Crippen molar-refractivity contribution in [2.45, 2.75) is 129 Å². The molecule has 0 rings (SSSR count). The standard InChI is InChI=1S/C23H54NO4PSi3.ClH/c1-21(2,3)30(11,12)24-19(20(25)27-31(13,14)22(4,5)6)17-18-29(10,26)28-32(15,16)23(7,8)9;/h19,24H,17-18H2,1-16H3;1H. The molecule has 2 atom stereocenters. The van der Waals surface area contributed by atoms with Gasteiger partial charge in [-0.15, -0.1) is 12.4 Å². The summed E-state index contributed by atoms with van der Waals surface area (Å²) in [6.07, 6.45) is 0.834. The Labute approximate surface area is 215 Å². The number of carbonyl (C=O) groups is 1. The lowest BCUT2D eigenvalue weighted by Gasteiger charge is -2.42. The maximum absolute atomic E-state index is 13.5. The molecule has 33 heavy (non-hydrogen) atoms. The molecule has 0 aliphatic carbocycles. The van der Waals surface area contributed by atoms with Crippen LogP contribution in [0, 0.1) is 0 Å². The first-order chi connectivity index (χ1) is 13.7. The van der Waals surface area contributed by atoms with Gasteiger partial charge in [-0.2, -0.15) is 0 Å². The van der Waals surface area contributed by atoms with Crippen molar-refractivity contribution in [2.75, 3.05) is 12.8 Å². The molecular formula is C23H55ClNO4PSi3. The Morgan fingerprint density at radius 1 is 0.818 bits per heavy atom. The Balaban J connectivity index is 0. The summed E-state index contributed by atoms with van der Waals surface area (Å²) in [7, 11) is -9.26. The van der Waals surface area contributed by atoms with Crippen LogP contribution in [0.5, 0.6) is 0 Å². The first kappa shape index (κ1) is 35.7. The molecule has 0 aliphatic rings. The largest absolute Gasteiger partial charge is 0.518 e. The highest BCUT2D eigenvalue weighted by atomic mass is 35.5. The summed E-state index contributed by atoms with van der Waals surface area (Å²) in [4.78, 5) is 17.1. The lowest BCUT2D eigenvalue weighted by molar-refractivity contribution is -0.137. The van der Waals surface area contributed by atoms with Crippen LogP contribution in [-0.4, -0.2) is 49.7 Å². The topological polar surface area (TPSA) is 64.6 Å². The fourth-order valence-corrected chi connectivity index (χ4v) is 11.0. The maximum Gasteiger partial charge on any atom is 0.309 e. The molecule has 0 heterocycles. The van der Waals surface area contributed by atoms with Gasteiger partial charge in [0.25, 0.3) is 8.32 Å². The van der Waals surface area contributed by atoms with Crippen LogP contribution in [0.25, 0.3) is 0 Å². The van der Waals surface area contributed by atoms with E-state index in [9.17, 15) is 9.36 Å². The van der Waals surface area contributed by atoms with Crippen molar-refractivity contribution in [3.8, 4) is 0 Å². The van der Waals surface area contributed by atoms with Crippen molar-refractivity contribution < 1.29 is 18.0 Å². The van der Waals surface area contributed by atoms with E-state index in [1.54, 1.807) is 6.66 Å². The van der Waals surface area contributed by atoms with E-state index in [0.717, 1.165) is 0 Å². The Morgan fingerprint density at radius 2 is 1.21 bits per heavy atom. The van der Waals surface area contributed by atoms with E-state index in [1.165, 1.54) is 0 Å². The second-order valence-corrected chi connectivity index (χ2v) is 31.6. The van der Waals surface area contributed by atoms with Crippen molar-refractivity contribution in [2.24, 2.45) is 0 Å². The predicted octanol–water partition coefficient (Wildman–Crippen LogP) is 8.24. The third-order valence-corrected chi connectivity index (χ3v) is 25.1. The van der Waals surface area contributed by atoms with E-state index in [2.05, 4.69) is 107 Å². The van der Waals surface area contributed by atoms with Gasteiger partial charge in [0.15, 0.2) is 7.37 Å². The molecule has 0 aromatic heterocycles. The molecule has 0 amide bonds. The highest BCUT2D eigenvalue weighted by Crippen LogP contribution is 2.52. The third kappa shape index (κ3) is 10.6. The van der Waals surface area contributed by atoms with E-state index < -0.39 is 38.3 Å².